The normalized spacial score (nSPS) is 11.3. The van der Waals surface area contributed by atoms with Crippen molar-refractivity contribution in [1.29, 1.82) is 0 Å². The molecule has 0 bridgehead atoms. The first kappa shape index (κ1) is 13.3. The molecule has 2 rings (SSSR count). The molecule has 0 saturated heterocycles. The van der Waals surface area contributed by atoms with Gasteiger partial charge in [0.05, 0.1) is 6.61 Å². The van der Waals surface area contributed by atoms with E-state index in [1.807, 2.05) is 26.1 Å². The van der Waals surface area contributed by atoms with Crippen molar-refractivity contribution in [3.8, 4) is 0 Å². The number of nitrogens with zero attached hydrogens (tertiary/aromatic N) is 3. The Bertz CT molecular complexity index is 524. The van der Waals surface area contributed by atoms with Gasteiger partial charge in [-0.2, -0.15) is 0 Å². The van der Waals surface area contributed by atoms with Gasteiger partial charge in [-0.3, -0.25) is 0 Å². The number of hydrogen-bond donors (Lipinski definition) is 0. The summed E-state index contributed by atoms with van der Waals surface area (Å²) in [6, 6.07) is 1.98. The largest absolute Gasteiger partial charge is 0.380 e. The molecule has 0 aliphatic rings. The Morgan fingerprint density at radius 2 is 2.28 bits per heavy atom. The summed E-state index contributed by atoms with van der Waals surface area (Å²) in [6.45, 7) is 6.21. The lowest BCUT2D eigenvalue weighted by Gasteiger charge is -2.07. The Kier molecular flexibility index (Phi) is 4.55. The van der Waals surface area contributed by atoms with Crippen LogP contribution in [0.4, 0.5) is 0 Å². The third-order valence-corrected chi connectivity index (χ3v) is 3.09. The van der Waals surface area contributed by atoms with E-state index >= 15 is 0 Å². The van der Waals surface area contributed by atoms with Crippen molar-refractivity contribution in [2.75, 3.05) is 19.1 Å². The van der Waals surface area contributed by atoms with Gasteiger partial charge in [-0.1, -0.05) is 0 Å². The summed E-state index contributed by atoms with van der Waals surface area (Å²) in [5.74, 6) is 1.55. The number of rotatable bonds is 6. The molecule has 0 atom stereocenters. The van der Waals surface area contributed by atoms with E-state index in [-0.39, 0.29) is 0 Å². The molecule has 18 heavy (non-hydrogen) atoms. The molecule has 0 aromatic carbocycles. The number of alkyl halides is 1. The average molecular weight is 268 g/mol. The van der Waals surface area contributed by atoms with E-state index in [0.717, 1.165) is 42.1 Å². The highest BCUT2D eigenvalue weighted by Crippen LogP contribution is 2.18. The van der Waals surface area contributed by atoms with Gasteiger partial charge in [-0.05, 0) is 25.5 Å². The highest BCUT2D eigenvalue weighted by Gasteiger charge is 2.12. The number of ether oxygens (including phenoxy) is 1. The van der Waals surface area contributed by atoms with Crippen LogP contribution in [0.25, 0.3) is 11.2 Å². The molecule has 4 nitrogen and oxygen atoms in total. The zero-order chi connectivity index (χ0) is 13.0. The second-order valence-corrected chi connectivity index (χ2v) is 4.49. The molecule has 0 saturated carbocycles. The van der Waals surface area contributed by atoms with Crippen molar-refractivity contribution in [3.05, 3.63) is 23.7 Å². The first-order valence-corrected chi connectivity index (χ1v) is 6.75. The van der Waals surface area contributed by atoms with Gasteiger partial charge in [-0.15, -0.1) is 11.6 Å². The van der Waals surface area contributed by atoms with Crippen molar-refractivity contribution in [2.24, 2.45) is 0 Å². The first-order valence-electron chi connectivity index (χ1n) is 6.22. The van der Waals surface area contributed by atoms with Crippen LogP contribution in [0, 0.1) is 6.92 Å². The predicted molar refractivity (Wildman–Crippen MR) is 73.2 cm³/mol. The lowest BCUT2D eigenvalue weighted by Crippen LogP contribution is -2.10. The van der Waals surface area contributed by atoms with Crippen molar-refractivity contribution in [1.82, 2.24) is 14.5 Å². The molecule has 0 unspecified atom stereocenters. The summed E-state index contributed by atoms with van der Waals surface area (Å²) in [6.07, 6.45) is 2.57. The number of imidazole rings is 1. The van der Waals surface area contributed by atoms with Crippen LogP contribution in [-0.4, -0.2) is 33.6 Å². The topological polar surface area (TPSA) is 39.9 Å². The predicted octanol–water partition coefficient (Wildman–Crippen LogP) is 2.56. The maximum absolute atomic E-state index is 5.83. The average Bonchev–Trinajstić information content (AvgIpc) is 2.70. The number of pyridine rings is 1. The van der Waals surface area contributed by atoms with Crippen LogP contribution in [0.2, 0.25) is 0 Å². The van der Waals surface area contributed by atoms with Crippen LogP contribution < -0.4 is 0 Å². The molecule has 0 radical (unpaired) electrons. The summed E-state index contributed by atoms with van der Waals surface area (Å²) in [7, 11) is 0. The number of aryl methyl sites for hydroxylation is 2. The summed E-state index contributed by atoms with van der Waals surface area (Å²) in [4.78, 5) is 9.07. The van der Waals surface area contributed by atoms with E-state index in [1.54, 1.807) is 0 Å². The number of fused-ring (bicyclic) bond motifs is 1. The van der Waals surface area contributed by atoms with Gasteiger partial charge in [0, 0.05) is 31.6 Å². The summed E-state index contributed by atoms with van der Waals surface area (Å²) < 4.78 is 7.52. The summed E-state index contributed by atoms with van der Waals surface area (Å²) in [5.41, 5.74) is 3.04. The second-order valence-electron chi connectivity index (χ2n) is 4.12. The molecule has 0 amide bonds. The van der Waals surface area contributed by atoms with E-state index in [9.17, 15) is 0 Å². The quantitative estimate of drug-likeness (QED) is 0.597. The monoisotopic (exact) mass is 267 g/mol. The van der Waals surface area contributed by atoms with Gasteiger partial charge >= 0.3 is 0 Å². The van der Waals surface area contributed by atoms with Crippen LogP contribution in [0.15, 0.2) is 12.3 Å². The van der Waals surface area contributed by atoms with Crippen molar-refractivity contribution in [2.45, 2.75) is 26.8 Å². The number of halogens is 1. The molecular formula is C13H18ClN3O. The van der Waals surface area contributed by atoms with Crippen molar-refractivity contribution in [3.63, 3.8) is 0 Å². The standard InChI is InChI=1S/C13H18ClN3O/c1-3-18-9-8-17-11(4-6-14)16-12-10(2)5-7-15-13(12)17/h5,7H,3-4,6,8-9H2,1-2H3. The molecule has 5 heteroatoms. The molecule has 0 fully saturated rings. The van der Waals surface area contributed by atoms with Crippen LogP contribution >= 0.6 is 11.6 Å². The Morgan fingerprint density at radius 1 is 1.44 bits per heavy atom. The van der Waals surface area contributed by atoms with E-state index in [2.05, 4.69) is 14.5 Å². The molecule has 2 heterocycles. The Labute approximate surface area is 112 Å². The number of hydrogen-bond acceptors (Lipinski definition) is 3. The Morgan fingerprint density at radius 3 is 3.00 bits per heavy atom. The maximum Gasteiger partial charge on any atom is 0.160 e. The van der Waals surface area contributed by atoms with Crippen LogP contribution in [0.5, 0.6) is 0 Å². The lowest BCUT2D eigenvalue weighted by molar-refractivity contribution is 0.139. The molecule has 0 aliphatic heterocycles. The molecule has 0 aliphatic carbocycles. The lowest BCUT2D eigenvalue weighted by atomic mass is 10.3. The fourth-order valence-electron chi connectivity index (χ4n) is 1.99. The van der Waals surface area contributed by atoms with E-state index in [1.165, 1.54) is 0 Å². The van der Waals surface area contributed by atoms with Crippen LogP contribution in [-0.2, 0) is 17.7 Å². The summed E-state index contributed by atoms with van der Waals surface area (Å²) in [5, 5.41) is 0. The maximum atomic E-state index is 5.83. The fraction of sp³-hybridized carbons (Fsp3) is 0.538. The highest BCUT2D eigenvalue weighted by atomic mass is 35.5. The first-order chi connectivity index (χ1) is 8.77. The van der Waals surface area contributed by atoms with Gasteiger partial charge in [0.1, 0.15) is 11.3 Å². The third-order valence-electron chi connectivity index (χ3n) is 2.90. The van der Waals surface area contributed by atoms with Crippen molar-refractivity contribution < 1.29 is 4.74 Å². The SMILES string of the molecule is CCOCCn1c(CCCl)nc2c(C)ccnc21. The molecule has 2 aromatic heterocycles. The van der Waals surface area contributed by atoms with Crippen LogP contribution in [0.1, 0.15) is 18.3 Å². The summed E-state index contributed by atoms with van der Waals surface area (Å²) >= 11 is 5.83. The van der Waals surface area contributed by atoms with Crippen LogP contribution in [0.3, 0.4) is 0 Å². The smallest absolute Gasteiger partial charge is 0.160 e. The molecule has 0 spiro atoms. The molecule has 2 aromatic rings. The van der Waals surface area contributed by atoms with Gasteiger partial charge < -0.3 is 9.30 Å². The molecular weight excluding hydrogens is 250 g/mol. The minimum Gasteiger partial charge on any atom is -0.380 e. The zero-order valence-electron chi connectivity index (χ0n) is 10.8. The van der Waals surface area contributed by atoms with E-state index < -0.39 is 0 Å². The van der Waals surface area contributed by atoms with E-state index in [4.69, 9.17) is 16.3 Å². The van der Waals surface area contributed by atoms with E-state index in [0.29, 0.717) is 12.5 Å². The highest BCUT2D eigenvalue weighted by molar-refractivity contribution is 6.17. The third kappa shape index (κ3) is 2.65. The fourth-order valence-corrected chi connectivity index (χ4v) is 2.16. The van der Waals surface area contributed by atoms with Crippen molar-refractivity contribution >= 4 is 22.8 Å². The molecule has 0 N–H and O–H groups in total. The zero-order valence-corrected chi connectivity index (χ0v) is 11.6. The minimum absolute atomic E-state index is 0.566. The van der Waals surface area contributed by atoms with Gasteiger partial charge in [-0.25, -0.2) is 9.97 Å². The van der Waals surface area contributed by atoms with Gasteiger partial charge in [0.25, 0.3) is 0 Å². The Balaban J connectivity index is 2.39. The van der Waals surface area contributed by atoms with Gasteiger partial charge in [0.15, 0.2) is 5.65 Å². The second kappa shape index (κ2) is 6.16. The number of aromatic nitrogens is 3. The van der Waals surface area contributed by atoms with Gasteiger partial charge in [0.2, 0.25) is 0 Å². The molecule has 98 valence electrons. The Hall–Kier alpha value is -1.13. The minimum atomic E-state index is 0.566.